The molecular weight excluding hydrogens is 278 g/mol. The first-order valence-electron chi connectivity index (χ1n) is 6.36. The molecule has 0 aliphatic rings. The van der Waals surface area contributed by atoms with Gasteiger partial charge in [-0.25, -0.2) is 8.42 Å². The molecule has 0 fully saturated rings. The third kappa shape index (κ3) is 2.86. The fraction of sp³-hybridized carbons (Fsp3) is 0.500. The van der Waals surface area contributed by atoms with E-state index in [-0.39, 0.29) is 11.4 Å². The van der Waals surface area contributed by atoms with Crippen LogP contribution in [0.4, 0.5) is 0 Å². The minimum atomic E-state index is -3.76. The average Bonchev–Trinajstić information content (AvgIpc) is 2.38. The molecule has 0 spiro atoms. The Morgan fingerprint density at radius 3 is 2.30 bits per heavy atom. The van der Waals surface area contributed by atoms with Gasteiger partial charge in [0.2, 0.25) is 10.0 Å². The molecule has 0 aliphatic carbocycles. The highest BCUT2D eigenvalue weighted by Gasteiger charge is 2.42. The molecule has 1 aromatic carbocycles. The van der Waals surface area contributed by atoms with Gasteiger partial charge < -0.3 is 4.74 Å². The van der Waals surface area contributed by atoms with E-state index in [1.165, 1.54) is 21.0 Å². The quantitative estimate of drug-likeness (QED) is 0.780. The summed E-state index contributed by atoms with van der Waals surface area (Å²) in [4.78, 5) is 12.1. The van der Waals surface area contributed by atoms with Gasteiger partial charge in [0, 0.05) is 6.54 Å². The number of rotatable bonds is 5. The number of hydrogen-bond acceptors (Lipinski definition) is 4. The van der Waals surface area contributed by atoms with E-state index >= 15 is 0 Å². The molecule has 6 heteroatoms. The van der Waals surface area contributed by atoms with Crippen molar-refractivity contribution < 1.29 is 17.9 Å². The van der Waals surface area contributed by atoms with Crippen molar-refractivity contribution in [1.29, 1.82) is 0 Å². The van der Waals surface area contributed by atoms with Crippen LogP contribution in [-0.4, -0.2) is 37.9 Å². The van der Waals surface area contributed by atoms with Gasteiger partial charge in [-0.05, 0) is 32.4 Å². The zero-order valence-electron chi connectivity index (χ0n) is 12.5. The van der Waals surface area contributed by atoms with Crippen LogP contribution in [0.3, 0.4) is 0 Å². The molecule has 0 unspecified atom stereocenters. The molecule has 0 aromatic heterocycles. The van der Waals surface area contributed by atoms with Gasteiger partial charge in [-0.3, -0.25) is 4.79 Å². The fourth-order valence-corrected chi connectivity index (χ4v) is 4.16. The van der Waals surface area contributed by atoms with Gasteiger partial charge in [-0.15, -0.1) is 0 Å². The van der Waals surface area contributed by atoms with Crippen LogP contribution in [0.5, 0.6) is 0 Å². The second-order valence-corrected chi connectivity index (χ2v) is 6.82. The zero-order valence-corrected chi connectivity index (χ0v) is 13.3. The minimum Gasteiger partial charge on any atom is -0.468 e. The second-order valence-electron chi connectivity index (χ2n) is 4.99. The van der Waals surface area contributed by atoms with E-state index in [4.69, 9.17) is 4.74 Å². The molecule has 0 bridgehead atoms. The van der Waals surface area contributed by atoms with Gasteiger partial charge in [0.25, 0.3) is 0 Å². The van der Waals surface area contributed by atoms with Crippen LogP contribution in [0.25, 0.3) is 0 Å². The van der Waals surface area contributed by atoms with Crippen LogP contribution < -0.4 is 0 Å². The number of esters is 1. The molecule has 0 atom stereocenters. The SMILES string of the molecule is CCN(C(C)(C)C(=O)OC)S(=O)(=O)c1ccccc1C. The molecule has 5 nitrogen and oxygen atoms in total. The lowest BCUT2D eigenvalue weighted by atomic mass is 10.1. The summed E-state index contributed by atoms with van der Waals surface area (Å²) in [5.41, 5.74) is -0.614. The van der Waals surface area contributed by atoms with Crippen molar-refractivity contribution in [1.82, 2.24) is 4.31 Å². The van der Waals surface area contributed by atoms with Crippen molar-refractivity contribution in [3.63, 3.8) is 0 Å². The number of carbonyl (C=O) groups excluding carboxylic acids is 1. The summed E-state index contributed by atoms with van der Waals surface area (Å²) in [6, 6.07) is 6.71. The maximum absolute atomic E-state index is 12.8. The van der Waals surface area contributed by atoms with E-state index in [1.807, 2.05) is 0 Å². The first kappa shape index (κ1) is 16.7. The van der Waals surface area contributed by atoms with Crippen molar-refractivity contribution >= 4 is 16.0 Å². The topological polar surface area (TPSA) is 63.7 Å². The van der Waals surface area contributed by atoms with Crippen molar-refractivity contribution in [2.24, 2.45) is 0 Å². The molecule has 0 amide bonds. The summed E-state index contributed by atoms with van der Waals surface area (Å²) >= 11 is 0. The first-order chi connectivity index (χ1) is 9.19. The average molecular weight is 299 g/mol. The third-order valence-corrected chi connectivity index (χ3v) is 5.57. The predicted molar refractivity (Wildman–Crippen MR) is 76.8 cm³/mol. The summed E-state index contributed by atoms with van der Waals surface area (Å²) in [5, 5.41) is 0. The standard InChI is InChI=1S/C14H21NO4S/c1-6-15(14(3,4)13(16)19-5)20(17,18)12-10-8-7-9-11(12)2/h7-10H,6H2,1-5H3. The molecule has 0 saturated carbocycles. The smallest absolute Gasteiger partial charge is 0.326 e. The van der Waals surface area contributed by atoms with Crippen molar-refractivity contribution in [3.05, 3.63) is 29.8 Å². The Labute approximate surface area is 120 Å². The van der Waals surface area contributed by atoms with Crippen molar-refractivity contribution in [2.45, 2.75) is 38.1 Å². The van der Waals surface area contributed by atoms with Crippen molar-refractivity contribution in [2.75, 3.05) is 13.7 Å². The number of aryl methyl sites for hydroxylation is 1. The number of sulfonamides is 1. The largest absolute Gasteiger partial charge is 0.468 e. The molecule has 0 saturated heterocycles. The van der Waals surface area contributed by atoms with Gasteiger partial charge in [0.1, 0.15) is 5.54 Å². The number of methoxy groups -OCH3 is 1. The van der Waals surface area contributed by atoms with Crippen LogP contribution in [0.15, 0.2) is 29.2 Å². The van der Waals surface area contributed by atoms with Gasteiger partial charge in [-0.1, -0.05) is 25.1 Å². The van der Waals surface area contributed by atoms with E-state index in [9.17, 15) is 13.2 Å². The summed E-state index contributed by atoms with van der Waals surface area (Å²) in [5.74, 6) is -0.587. The maximum Gasteiger partial charge on any atom is 0.326 e. The Balaban J connectivity index is 3.38. The third-order valence-electron chi connectivity index (χ3n) is 3.26. The molecular formula is C14H21NO4S. The first-order valence-corrected chi connectivity index (χ1v) is 7.80. The van der Waals surface area contributed by atoms with Crippen LogP contribution in [0.1, 0.15) is 26.3 Å². The maximum atomic E-state index is 12.8. The highest BCUT2D eigenvalue weighted by Crippen LogP contribution is 2.27. The van der Waals surface area contributed by atoms with Crippen LogP contribution in [0.2, 0.25) is 0 Å². The molecule has 20 heavy (non-hydrogen) atoms. The number of benzene rings is 1. The second kappa shape index (κ2) is 5.93. The molecule has 0 heterocycles. The fourth-order valence-electron chi connectivity index (χ4n) is 2.18. The molecule has 0 aliphatic heterocycles. The zero-order chi connectivity index (χ0) is 15.6. The molecule has 1 aromatic rings. The highest BCUT2D eigenvalue weighted by molar-refractivity contribution is 7.89. The number of carbonyl (C=O) groups is 1. The summed E-state index contributed by atoms with van der Waals surface area (Å²) in [7, 11) is -2.51. The summed E-state index contributed by atoms with van der Waals surface area (Å²) in [6.45, 7) is 6.68. The minimum absolute atomic E-state index is 0.179. The van der Waals surface area contributed by atoms with Gasteiger partial charge >= 0.3 is 5.97 Å². The monoisotopic (exact) mass is 299 g/mol. The van der Waals surface area contributed by atoms with E-state index in [1.54, 1.807) is 38.1 Å². The van der Waals surface area contributed by atoms with Gasteiger partial charge in [0.05, 0.1) is 12.0 Å². The van der Waals surface area contributed by atoms with Gasteiger partial charge in [-0.2, -0.15) is 4.31 Å². The number of ether oxygens (including phenoxy) is 1. The predicted octanol–water partition coefficient (Wildman–Crippen LogP) is 1.96. The molecule has 1 rings (SSSR count). The number of nitrogens with zero attached hydrogens (tertiary/aromatic N) is 1. The Morgan fingerprint density at radius 1 is 1.30 bits per heavy atom. The lowest BCUT2D eigenvalue weighted by Crippen LogP contribution is -2.53. The Hall–Kier alpha value is -1.40. The van der Waals surface area contributed by atoms with Crippen LogP contribution in [0, 0.1) is 6.92 Å². The molecule has 0 radical (unpaired) electrons. The van der Waals surface area contributed by atoms with E-state index in [0.717, 1.165) is 4.31 Å². The van der Waals surface area contributed by atoms with Crippen LogP contribution >= 0.6 is 0 Å². The summed E-state index contributed by atoms with van der Waals surface area (Å²) in [6.07, 6.45) is 0. The van der Waals surface area contributed by atoms with E-state index < -0.39 is 21.5 Å². The van der Waals surface area contributed by atoms with E-state index in [2.05, 4.69) is 0 Å². The number of hydrogen-bond donors (Lipinski definition) is 0. The van der Waals surface area contributed by atoms with E-state index in [0.29, 0.717) is 5.56 Å². The highest BCUT2D eigenvalue weighted by atomic mass is 32.2. The Bertz CT molecular complexity index is 593. The number of likely N-dealkylation sites (N-methyl/N-ethyl adjacent to an activating group) is 1. The molecule has 112 valence electrons. The normalized spacial score (nSPS) is 12.5. The molecule has 0 N–H and O–H groups in total. The van der Waals surface area contributed by atoms with Gasteiger partial charge in [0.15, 0.2) is 0 Å². The summed E-state index contributed by atoms with van der Waals surface area (Å²) < 4.78 is 31.4. The lowest BCUT2D eigenvalue weighted by Gasteiger charge is -2.34. The lowest BCUT2D eigenvalue weighted by molar-refractivity contribution is -0.150. The Morgan fingerprint density at radius 2 is 1.85 bits per heavy atom. The van der Waals surface area contributed by atoms with Crippen LogP contribution in [-0.2, 0) is 19.6 Å². The Kier molecular flexibility index (Phi) is 4.94. The van der Waals surface area contributed by atoms with Crippen molar-refractivity contribution in [3.8, 4) is 0 Å².